The molecule has 0 heteroatoms. The Labute approximate surface area is 70.3 Å². The molecule has 0 amide bonds. The molecule has 62 valence electrons. The van der Waals surface area contributed by atoms with Crippen LogP contribution in [0.25, 0.3) is 0 Å². The highest BCUT2D eigenvalue weighted by molar-refractivity contribution is 5.07. The number of rotatable bonds is 5. The average Bonchev–Trinajstić information content (AvgIpc) is 1.99. The molecule has 0 aromatic heterocycles. The van der Waals surface area contributed by atoms with E-state index in [-0.39, 0.29) is 0 Å². The molecule has 0 atom stereocenters. The molecule has 11 heavy (non-hydrogen) atoms. The molecule has 0 aliphatic carbocycles. The smallest absolute Gasteiger partial charge is 0.0138 e. The number of hydrogen-bond acceptors (Lipinski definition) is 0. The van der Waals surface area contributed by atoms with E-state index in [0.717, 1.165) is 12.8 Å². The Morgan fingerprint density at radius 1 is 1.36 bits per heavy atom. The van der Waals surface area contributed by atoms with Crippen LogP contribution >= 0.6 is 0 Å². The van der Waals surface area contributed by atoms with E-state index in [2.05, 4.69) is 25.7 Å². The SMILES string of the molecule is C=C(CC=CC=CC)CCC. The van der Waals surface area contributed by atoms with Gasteiger partial charge in [-0.2, -0.15) is 0 Å². The van der Waals surface area contributed by atoms with Crippen molar-refractivity contribution in [2.75, 3.05) is 0 Å². The van der Waals surface area contributed by atoms with Crippen molar-refractivity contribution in [3.63, 3.8) is 0 Å². The van der Waals surface area contributed by atoms with E-state index >= 15 is 0 Å². The van der Waals surface area contributed by atoms with Gasteiger partial charge < -0.3 is 0 Å². The van der Waals surface area contributed by atoms with E-state index in [4.69, 9.17) is 0 Å². The minimum Gasteiger partial charge on any atom is -0.0995 e. The van der Waals surface area contributed by atoms with Crippen molar-refractivity contribution >= 4 is 0 Å². The number of hydrogen-bond donors (Lipinski definition) is 0. The van der Waals surface area contributed by atoms with Gasteiger partial charge in [-0.05, 0) is 19.8 Å². The van der Waals surface area contributed by atoms with Crippen molar-refractivity contribution in [3.8, 4) is 0 Å². The van der Waals surface area contributed by atoms with Gasteiger partial charge in [0.1, 0.15) is 0 Å². The second kappa shape index (κ2) is 7.33. The van der Waals surface area contributed by atoms with Crippen molar-refractivity contribution in [2.45, 2.75) is 33.1 Å². The molecule has 0 aliphatic heterocycles. The number of allylic oxidation sites excluding steroid dienone is 5. The second-order valence-corrected chi connectivity index (χ2v) is 2.66. The van der Waals surface area contributed by atoms with E-state index < -0.39 is 0 Å². The van der Waals surface area contributed by atoms with Gasteiger partial charge in [0.15, 0.2) is 0 Å². The Hall–Kier alpha value is -0.780. The van der Waals surface area contributed by atoms with Gasteiger partial charge in [-0.1, -0.05) is 49.8 Å². The quantitative estimate of drug-likeness (QED) is 0.412. The summed E-state index contributed by atoms with van der Waals surface area (Å²) in [5.41, 5.74) is 1.33. The predicted molar refractivity (Wildman–Crippen MR) is 52.6 cm³/mol. The molecule has 0 bridgehead atoms. The Morgan fingerprint density at radius 3 is 2.64 bits per heavy atom. The minimum absolute atomic E-state index is 1.03. The molecular weight excluding hydrogens is 132 g/mol. The highest BCUT2D eigenvalue weighted by Crippen LogP contribution is 2.06. The topological polar surface area (TPSA) is 0 Å². The van der Waals surface area contributed by atoms with Crippen LogP contribution in [0, 0.1) is 0 Å². The fourth-order valence-corrected chi connectivity index (χ4v) is 0.880. The standard InChI is InChI=1S/C11H18/c1-4-6-7-8-10-11(3)9-5-2/h4,6-8H,3,5,9-10H2,1-2H3. The van der Waals surface area contributed by atoms with E-state index in [1.165, 1.54) is 12.0 Å². The zero-order chi connectivity index (χ0) is 8.53. The van der Waals surface area contributed by atoms with Gasteiger partial charge in [0, 0.05) is 0 Å². The van der Waals surface area contributed by atoms with Crippen LogP contribution in [0.3, 0.4) is 0 Å². The summed E-state index contributed by atoms with van der Waals surface area (Å²) in [5, 5.41) is 0. The molecule has 0 saturated carbocycles. The largest absolute Gasteiger partial charge is 0.0995 e. The van der Waals surface area contributed by atoms with Crippen LogP contribution in [-0.4, -0.2) is 0 Å². The molecule has 0 heterocycles. The maximum absolute atomic E-state index is 3.97. The highest BCUT2D eigenvalue weighted by atomic mass is 13.9. The molecular formula is C11H18. The van der Waals surface area contributed by atoms with Crippen LogP contribution in [0.4, 0.5) is 0 Å². The first-order valence-electron chi connectivity index (χ1n) is 4.25. The normalized spacial score (nSPS) is 11.5. The summed E-state index contributed by atoms with van der Waals surface area (Å²) in [6, 6.07) is 0. The molecule has 0 saturated heterocycles. The summed E-state index contributed by atoms with van der Waals surface area (Å²) in [5.74, 6) is 0. The van der Waals surface area contributed by atoms with Gasteiger partial charge in [0.05, 0.1) is 0 Å². The van der Waals surface area contributed by atoms with Crippen molar-refractivity contribution in [2.24, 2.45) is 0 Å². The zero-order valence-corrected chi connectivity index (χ0v) is 7.64. The molecule has 0 aromatic rings. The van der Waals surface area contributed by atoms with Crippen LogP contribution in [-0.2, 0) is 0 Å². The minimum atomic E-state index is 1.03. The first-order chi connectivity index (χ1) is 5.31. The van der Waals surface area contributed by atoms with E-state index in [1.54, 1.807) is 0 Å². The van der Waals surface area contributed by atoms with Crippen LogP contribution in [0.5, 0.6) is 0 Å². The predicted octanol–water partition coefficient (Wildman–Crippen LogP) is 3.87. The Bertz CT molecular complexity index is 149. The van der Waals surface area contributed by atoms with E-state index in [0.29, 0.717) is 0 Å². The lowest BCUT2D eigenvalue weighted by molar-refractivity contribution is 0.884. The molecule has 0 spiro atoms. The summed E-state index contributed by atoms with van der Waals surface area (Å²) in [6.07, 6.45) is 11.7. The summed E-state index contributed by atoms with van der Waals surface area (Å²) in [4.78, 5) is 0. The van der Waals surface area contributed by atoms with Crippen LogP contribution < -0.4 is 0 Å². The Morgan fingerprint density at radius 2 is 2.09 bits per heavy atom. The first kappa shape index (κ1) is 10.2. The second-order valence-electron chi connectivity index (χ2n) is 2.66. The fraction of sp³-hybridized carbons (Fsp3) is 0.455. The molecule has 0 N–H and O–H groups in total. The fourth-order valence-electron chi connectivity index (χ4n) is 0.880. The van der Waals surface area contributed by atoms with Crippen molar-refractivity contribution < 1.29 is 0 Å². The maximum atomic E-state index is 3.97. The van der Waals surface area contributed by atoms with Crippen LogP contribution in [0.15, 0.2) is 36.5 Å². The lowest BCUT2D eigenvalue weighted by Crippen LogP contribution is -1.76. The zero-order valence-electron chi connectivity index (χ0n) is 7.64. The third kappa shape index (κ3) is 7.11. The van der Waals surface area contributed by atoms with Gasteiger partial charge in [-0.15, -0.1) is 0 Å². The van der Waals surface area contributed by atoms with Gasteiger partial charge in [-0.25, -0.2) is 0 Å². The monoisotopic (exact) mass is 150 g/mol. The maximum Gasteiger partial charge on any atom is -0.0138 e. The van der Waals surface area contributed by atoms with Crippen molar-refractivity contribution in [1.82, 2.24) is 0 Å². The van der Waals surface area contributed by atoms with Gasteiger partial charge >= 0.3 is 0 Å². The molecule has 0 rings (SSSR count). The summed E-state index contributed by atoms with van der Waals surface area (Å²) < 4.78 is 0. The van der Waals surface area contributed by atoms with Crippen molar-refractivity contribution in [1.29, 1.82) is 0 Å². The first-order valence-corrected chi connectivity index (χ1v) is 4.25. The summed E-state index contributed by atoms with van der Waals surface area (Å²) >= 11 is 0. The van der Waals surface area contributed by atoms with Crippen LogP contribution in [0.1, 0.15) is 33.1 Å². The third-order valence-corrected chi connectivity index (χ3v) is 1.45. The molecule has 0 fully saturated rings. The summed E-state index contributed by atoms with van der Waals surface area (Å²) in [6.45, 7) is 8.17. The molecule has 0 aromatic carbocycles. The molecule has 0 nitrogen and oxygen atoms in total. The van der Waals surface area contributed by atoms with Gasteiger partial charge in [0.25, 0.3) is 0 Å². The average molecular weight is 150 g/mol. The van der Waals surface area contributed by atoms with E-state index in [9.17, 15) is 0 Å². The third-order valence-electron chi connectivity index (χ3n) is 1.45. The van der Waals surface area contributed by atoms with Crippen molar-refractivity contribution in [3.05, 3.63) is 36.5 Å². The lowest BCUT2D eigenvalue weighted by Gasteiger charge is -1.96. The van der Waals surface area contributed by atoms with E-state index in [1.807, 2.05) is 19.1 Å². The molecule has 0 unspecified atom stereocenters. The highest BCUT2D eigenvalue weighted by Gasteiger charge is 1.86. The molecule has 0 radical (unpaired) electrons. The van der Waals surface area contributed by atoms with Gasteiger partial charge in [-0.3, -0.25) is 0 Å². The Kier molecular flexibility index (Phi) is 6.81. The van der Waals surface area contributed by atoms with Gasteiger partial charge in [0.2, 0.25) is 0 Å². The van der Waals surface area contributed by atoms with Crippen LogP contribution in [0.2, 0.25) is 0 Å². The Balaban J connectivity index is 3.44. The molecule has 0 aliphatic rings. The lowest BCUT2D eigenvalue weighted by atomic mass is 10.1. The summed E-state index contributed by atoms with van der Waals surface area (Å²) in [7, 11) is 0.